The number of nitrogens with two attached hydrogens (primary N) is 1. The molecule has 4 nitrogen and oxygen atoms in total. The van der Waals surface area contributed by atoms with E-state index >= 15 is 0 Å². The van der Waals surface area contributed by atoms with E-state index in [4.69, 9.17) is 34.3 Å². The number of sulfone groups is 1. The van der Waals surface area contributed by atoms with Crippen LogP contribution in [0.4, 0.5) is 0 Å². The van der Waals surface area contributed by atoms with E-state index < -0.39 is 15.1 Å². The van der Waals surface area contributed by atoms with Gasteiger partial charge in [-0.05, 0) is 42.0 Å². The molecule has 0 aliphatic heterocycles. The smallest absolute Gasteiger partial charge is 0.182 e. The largest absolute Gasteiger partial charge is 0.497 e. The van der Waals surface area contributed by atoms with Crippen LogP contribution in [0.5, 0.6) is 5.75 Å². The Hall–Kier alpha value is -1.63. The van der Waals surface area contributed by atoms with Gasteiger partial charge < -0.3 is 10.5 Å². The van der Waals surface area contributed by atoms with Crippen molar-refractivity contribution >= 4 is 38.6 Å². The van der Waals surface area contributed by atoms with Crippen molar-refractivity contribution in [3.05, 3.63) is 59.1 Å². The van der Waals surface area contributed by atoms with Gasteiger partial charge in [0.05, 0.1) is 22.2 Å². The maximum absolute atomic E-state index is 12.9. The summed E-state index contributed by atoms with van der Waals surface area (Å²) in [5, 5.41) is -0.160. The van der Waals surface area contributed by atoms with Crippen molar-refractivity contribution in [2.75, 3.05) is 7.11 Å². The van der Waals surface area contributed by atoms with Gasteiger partial charge in [-0.3, -0.25) is 0 Å². The molecule has 0 aromatic heterocycles. The lowest BCUT2D eigenvalue weighted by Gasteiger charge is -2.05. The average molecular weight is 382 g/mol. The van der Waals surface area contributed by atoms with Crippen LogP contribution in [0.1, 0.15) is 11.5 Å². The van der Waals surface area contributed by atoms with Crippen LogP contribution in [0.2, 0.25) is 5.02 Å². The lowest BCUT2D eigenvalue weighted by atomic mass is 10.1. The summed E-state index contributed by atoms with van der Waals surface area (Å²) < 4.78 is 31.0. The number of hydrogen-bond donors (Lipinski definition) is 1. The summed E-state index contributed by atoms with van der Waals surface area (Å²) >= 11 is 10.9. The Morgan fingerprint density at radius 2 is 1.71 bits per heavy atom. The Labute approximate surface area is 151 Å². The maximum atomic E-state index is 12.9. The molecule has 0 heterocycles. The van der Waals surface area contributed by atoms with E-state index in [2.05, 4.69) is 0 Å². The number of halogens is 1. The zero-order chi connectivity index (χ0) is 17.5. The number of ether oxygens (including phenoxy) is 1. The van der Waals surface area contributed by atoms with E-state index in [0.717, 1.165) is 5.56 Å². The Balaban J connectivity index is 1.96. The zero-order valence-electron chi connectivity index (χ0n) is 12.8. The highest BCUT2D eigenvalue weighted by Crippen LogP contribution is 2.54. The molecule has 1 fully saturated rings. The second-order valence-corrected chi connectivity index (χ2v) is 8.70. The second-order valence-electron chi connectivity index (χ2n) is 5.69. The van der Waals surface area contributed by atoms with Crippen molar-refractivity contribution in [1.29, 1.82) is 0 Å². The molecule has 0 bridgehead atoms. The van der Waals surface area contributed by atoms with E-state index in [1.807, 2.05) is 12.1 Å². The molecule has 7 heteroatoms. The summed E-state index contributed by atoms with van der Waals surface area (Å²) in [6, 6.07) is 13.5. The van der Waals surface area contributed by atoms with Gasteiger partial charge >= 0.3 is 0 Å². The molecular formula is C17H16ClNO3S2. The summed E-state index contributed by atoms with van der Waals surface area (Å²) in [5.74, 6) is 0.103. The third kappa shape index (κ3) is 3.01. The van der Waals surface area contributed by atoms with Gasteiger partial charge in [0.2, 0.25) is 0 Å². The van der Waals surface area contributed by atoms with Crippen LogP contribution < -0.4 is 10.5 Å². The van der Waals surface area contributed by atoms with E-state index in [0.29, 0.717) is 10.8 Å². The molecule has 3 atom stereocenters. The van der Waals surface area contributed by atoms with Crippen molar-refractivity contribution in [3.8, 4) is 5.75 Å². The number of rotatable bonds is 5. The summed E-state index contributed by atoms with van der Waals surface area (Å²) in [7, 11) is -1.97. The molecule has 2 aromatic carbocycles. The second kappa shape index (κ2) is 6.35. The van der Waals surface area contributed by atoms with Gasteiger partial charge in [-0.25, -0.2) is 8.42 Å². The first-order valence-corrected chi connectivity index (χ1v) is 9.62. The summed E-state index contributed by atoms with van der Waals surface area (Å²) in [6.45, 7) is 0. The molecule has 1 aliphatic rings. The fraction of sp³-hybridized carbons (Fsp3) is 0.235. The highest BCUT2D eigenvalue weighted by atomic mass is 35.5. The van der Waals surface area contributed by atoms with Crippen molar-refractivity contribution in [2.24, 2.45) is 11.7 Å². The highest BCUT2D eigenvalue weighted by Gasteiger charge is 2.60. The van der Waals surface area contributed by atoms with Crippen molar-refractivity contribution in [1.82, 2.24) is 0 Å². The lowest BCUT2D eigenvalue weighted by Crippen LogP contribution is -2.17. The monoisotopic (exact) mass is 381 g/mol. The quantitative estimate of drug-likeness (QED) is 0.805. The fourth-order valence-electron chi connectivity index (χ4n) is 3.01. The zero-order valence-corrected chi connectivity index (χ0v) is 15.2. The predicted octanol–water partition coefficient (Wildman–Crippen LogP) is 3.19. The standard InChI is InChI=1S/C17H16ClNO3S2/c1-22-12-6-2-10(3-7-12)14-15(17(19)23)16(14)24(20,21)13-8-4-11(18)5-9-13/h2-9,14-16H,1H3,(H2,19,23)/t14-,15-,16+/m1/s1. The van der Waals surface area contributed by atoms with Gasteiger partial charge in [0.25, 0.3) is 0 Å². The van der Waals surface area contributed by atoms with E-state index in [-0.39, 0.29) is 21.7 Å². The van der Waals surface area contributed by atoms with Gasteiger partial charge in [0, 0.05) is 16.9 Å². The molecule has 0 amide bonds. The van der Waals surface area contributed by atoms with Crippen molar-refractivity contribution in [2.45, 2.75) is 16.1 Å². The Bertz CT molecular complexity index is 864. The average Bonchev–Trinajstić information content (AvgIpc) is 3.32. The molecule has 0 unspecified atom stereocenters. The fourth-order valence-corrected chi connectivity index (χ4v) is 5.67. The van der Waals surface area contributed by atoms with Crippen LogP contribution in [-0.2, 0) is 9.84 Å². The first-order chi connectivity index (χ1) is 11.4. The van der Waals surface area contributed by atoms with Crippen LogP contribution in [0, 0.1) is 5.92 Å². The Morgan fingerprint density at radius 1 is 1.12 bits per heavy atom. The van der Waals surface area contributed by atoms with Crippen LogP contribution in [-0.4, -0.2) is 25.8 Å². The molecule has 0 spiro atoms. The molecule has 0 radical (unpaired) electrons. The molecule has 2 N–H and O–H groups in total. The van der Waals surface area contributed by atoms with Crippen LogP contribution in [0.25, 0.3) is 0 Å². The molecule has 2 aromatic rings. The first kappa shape index (κ1) is 17.2. The summed E-state index contributed by atoms with van der Waals surface area (Å²) in [5.41, 5.74) is 6.68. The molecule has 24 heavy (non-hydrogen) atoms. The highest BCUT2D eigenvalue weighted by molar-refractivity contribution is 7.92. The van der Waals surface area contributed by atoms with E-state index in [9.17, 15) is 8.42 Å². The minimum Gasteiger partial charge on any atom is -0.497 e. The number of hydrogen-bond acceptors (Lipinski definition) is 4. The summed E-state index contributed by atoms with van der Waals surface area (Å²) in [4.78, 5) is 0.451. The maximum Gasteiger partial charge on any atom is 0.182 e. The molecule has 0 saturated heterocycles. The normalized spacial score (nSPS) is 22.8. The number of thiocarbonyl (C=S) groups is 1. The lowest BCUT2D eigenvalue weighted by molar-refractivity contribution is 0.414. The first-order valence-electron chi connectivity index (χ1n) is 7.29. The van der Waals surface area contributed by atoms with Gasteiger partial charge in [-0.2, -0.15) is 0 Å². The molecule has 126 valence electrons. The predicted molar refractivity (Wildman–Crippen MR) is 98.4 cm³/mol. The third-order valence-electron chi connectivity index (χ3n) is 4.28. The molecule has 3 rings (SSSR count). The Morgan fingerprint density at radius 3 is 2.21 bits per heavy atom. The van der Waals surface area contributed by atoms with Gasteiger partial charge in [-0.15, -0.1) is 0 Å². The van der Waals surface area contributed by atoms with Crippen molar-refractivity contribution in [3.63, 3.8) is 0 Å². The van der Waals surface area contributed by atoms with E-state index in [1.54, 1.807) is 31.4 Å². The number of benzene rings is 2. The van der Waals surface area contributed by atoms with Crippen LogP contribution in [0.3, 0.4) is 0 Å². The minimum absolute atomic E-state index is 0.221. The Kier molecular flexibility index (Phi) is 4.55. The van der Waals surface area contributed by atoms with Crippen LogP contribution >= 0.6 is 23.8 Å². The third-order valence-corrected chi connectivity index (χ3v) is 7.04. The van der Waals surface area contributed by atoms with Gasteiger partial charge in [0.15, 0.2) is 9.84 Å². The topological polar surface area (TPSA) is 69.4 Å². The van der Waals surface area contributed by atoms with Gasteiger partial charge in [-0.1, -0.05) is 36.0 Å². The van der Waals surface area contributed by atoms with Crippen LogP contribution in [0.15, 0.2) is 53.4 Å². The molecule has 1 saturated carbocycles. The molecular weight excluding hydrogens is 366 g/mol. The molecule has 1 aliphatic carbocycles. The van der Waals surface area contributed by atoms with Crippen molar-refractivity contribution < 1.29 is 13.2 Å². The SMILES string of the molecule is COc1ccc([C@@H]2[C@@H](C(N)=S)[C@H]2S(=O)(=O)c2ccc(Cl)cc2)cc1. The number of methoxy groups -OCH3 is 1. The van der Waals surface area contributed by atoms with Gasteiger partial charge in [0.1, 0.15) is 5.75 Å². The minimum atomic E-state index is -3.55. The van der Waals surface area contributed by atoms with E-state index in [1.165, 1.54) is 12.1 Å². The summed E-state index contributed by atoms with van der Waals surface area (Å²) in [6.07, 6.45) is 0.